The Balaban J connectivity index is 1.87. The number of pyridine rings is 1. The predicted molar refractivity (Wildman–Crippen MR) is 130 cm³/mol. The Morgan fingerprint density at radius 1 is 1.03 bits per heavy atom. The molecular weight excluding hydrogens is 500 g/mol. The minimum Gasteiger partial charge on any atom is -0.507 e. The fraction of sp³-hybridized carbons (Fsp3) is 0.154. The van der Waals surface area contributed by atoms with Crippen LogP contribution < -0.4 is 4.90 Å². The summed E-state index contributed by atoms with van der Waals surface area (Å²) in [4.78, 5) is 44.5. The van der Waals surface area contributed by atoms with Gasteiger partial charge in [0.2, 0.25) is 0 Å². The first-order chi connectivity index (χ1) is 16.3. The monoisotopic (exact) mass is 520 g/mol. The van der Waals surface area contributed by atoms with Gasteiger partial charge >= 0.3 is 5.97 Å². The van der Waals surface area contributed by atoms with Gasteiger partial charge in [0.1, 0.15) is 11.8 Å². The van der Waals surface area contributed by atoms with Crippen molar-refractivity contribution >= 4 is 45.0 Å². The van der Waals surface area contributed by atoms with Crippen LogP contribution in [0, 0.1) is 0 Å². The number of carbonyl (C=O) groups excluding carboxylic acids is 3. The zero-order chi connectivity index (χ0) is 24.4. The van der Waals surface area contributed by atoms with E-state index in [0.717, 1.165) is 4.47 Å². The second-order valence-corrected chi connectivity index (χ2v) is 8.85. The lowest BCUT2D eigenvalue weighted by Gasteiger charge is -2.25. The summed E-state index contributed by atoms with van der Waals surface area (Å²) in [5, 5.41) is 11.1. The first-order valence-electron chi connectivity index (χ1n) is 10.6. The fourth-order valence-corrected chi connectivity index (χ4v) is 4.01. The van der Waals surface area contributed by atoms with Crippen LogP contribution in [0.4, 0.5) is 5.69 Å². The van der Waals surface area contributed by atoms with E-state index in [1.54, 1.807) is 80.7 Å². The maximum Gasteiger partial charge on any atom is 0.338 e. The first-order valence-corrected chi connectivity index (χ1v) is 11.4. The number of benzene rings is 2. The second kappa shape index (κ2) is 9.61. The zero-order valence-electron chi connectivity index (χ0n) is 18.4. The van der Waals surface area contributed by atoms with Crippen LogP contribution in [-0.2, 0) is 14.3 Å². The highest BCUT2D eigenvalue weighted by Crippen LogP contribution is 2.41. The molecule has 1 aromatic heterocycles. The summed E-state index contributed by atoms with van der Waals surface area (Å²) in [5.74, 6) is -2.52. The van der Waals surface area contributed by atoms with Gasteiger partial charge in [0, 0.05) is 21.9 Å². The third kappa shape index (κ3) is 4.49. The number of aliphatic hydroxyl groups is 1. The van der Waals surface area contributed by atoms with Crippen molar-refractivity contribution in [3.05, 3.63) is 99.8 Å². The maximum absolute atomic E-state index is 13.2. The summed E-state index contributed by atoms with van der Waals surface area (Å²) in [5.41, 5.74) is 1.25. The number of carbonyl (C=O) groups is 3. The minimum atomic E-state index is -0.985. The van der Waals surface area contributed by atoms with Crippen molar-refractivity contribution in [2.24, 2.45) is 0 Å². The molecule has 172 valence electrons. The molecule has 1 amide bonds. The molecular formula is C26H21BrN2O5. The number of hydrogen-bond donors (Lipinski definition) is 1. The molecule has 1 aliphatic heterocycles. The largest absolute Gasteiger partial charge is 0.507 e. The summed E-state index contributed by atoms with van der Waals surface area (Å²) in [6.45, 7) is 3.48. The van der Waals surface area contributed by atoms with Crippen LogP contribution in [0.5, 0.6) is 0 Å². The summed E-state index contributed by atoms with van der Waals surface area (Å²) in [6.07, 6.45) is 1.23. The number of Topliss-reactive ketones (excluding diaryl/α,β-unsaturated/α-hetero) is 1. The molecule has 0 aliphatic carbocycles. The Bertz CT molecular complexity index is 1290. The number of esters is 1. The van der Waals surface area contributed by atoms with Gasteiger partial charge in [-0.15, -0.1) is 0 Å². The van der Waals surface area contributed by atoms with E-state index in [0.29, 0.717) is 16.9 Å². The lowest BCUT2D eigenvalue weighted by Crippen LogP contribution is -2.30. The van der Waals surface area contributed by atoms with Crippen molar-refractivity contribution in [1.82, 2.24) is 4.98 Å². The molecule has 34 heavy (non-hydrogen) atoms. The fourth-order valence-electron chi connectivity index (χ4n) is 3.74. The van der Waals surface area contributed by atoms with Crippen molar-refractivity contribution in [2.75, 3.05) is 4.90 Å². The molecule has 1 fully saturated rings. The zero-order valence-corrected chi connectivity index (χ0v) is 20.0. The summed E-state index contributed by atoms with van der Waals surface area (Å²) in [7, 11) is 0. The highest BCUT2D eigenvalue weighted by molar-refractivity contribution is 9.10. The predicted octanol–water partition coefficient (Wildman–Crippen LogP) is 5.04. The Morgan fingerprint density at radius 2 is 1.76 bits per heavy atom. The molecule has 1 N–H and O–H groups in total. The maximum atomic E-state index is 13.2. The molecule has 2 heterocycles. The standard InChI is InChI=1S/C26H21BrN2O5/c1-15(2)34-26(33)17-6-5-7-19(14-17)29-22(20-8-3-4-13-28-20)21(24(31)25(29)32)23(30)16-9-11-18(27)12-10-16/h3-15,22,30H,1-2H3/b23-21+. The molecule has 7 nitrogen and oxygen atoms in total. The molecule has 1 saturated heterocycles. The lowest BCUT2D eigenvalue weighted by molar-refractivity contribution is -0.132. The smallest absolute Gasteiger partial charge is 0.338 e. The second-order valence-electron chi connectivity index (χ2n) is 7.93. The van der Waals surface area contributed by atoms with Crippen molar-refractivity contribution in [3.8, 4) is 0 Å². The average Bonchev–Trinajstić information content (AvgIpc) is 3.10. The van der Waals surface area contributed by atoms with Crippen LogP contribution in [0.1, 0.15) is 41.5 Å². The van der Waals surface area contributed by atoms with Gasteiger partial charge in [-0.05, 0) is 56.3 Å². The molecule has 1 atom stereocenters. The number of halogens is 1. The van der Waals surface area contributed by atoms with E-state index in [9.17, 15) is 19.5 Å². The molecule has 0 bridgehead atoms. The number of rotatable bonds is 5. The van der Waals surface area contributed by atoms with E-state index in [1.807, 2.05) is 0 Å². The molecule has 8 heteroatoms. The molecule has 0 radical (unpaired) electrons. The highest BCUT2D eigenvalue weighted by Gasteiger charge is 2.47. The molecule has 0 saturated carbocycles. The van der Waals surface area contributed by atoms with E-state index >= 15 is 0 Å². The number of ether oxygens (including phenoxy) is 1. The van der Waals surface area contributed by atoms with Gasteiger partial charge in [-0.2, -0.15) is 0 Å². The van der Waals surface area contributed by atoms with Gasteiger partial charge in [0.25, 0.3) is 11.7 Å². The van der Waals surface area contributed by atoms with E-state index in [1.165, 1.54) is 11.0 Å². The number of ketones is 1. The van der Waals surface area contributed by atoms with E-state index in [2.05, 4.69) is 20.9 Å². The third-order valence-corrected chi connectivity index (χ3v) is 5.76. The number of amides is 1. The van der Waals surface area contributed by atoms with Gasteiger partial charge in [0.05, 0.1) is 22.9 Å². The van der Waals surface area contributed by atoms with E-state index in [4.69, 9.17) is 4.74 Å². The molecule has 1 unspecified atom stereocenters. The van der Waals surface area contributed by atoms with Gasteiger partial charge in [-0.3, -0.25) is 19.5 Å². The van der Waals surface area contributed by atoms with Crippen LogP contribution in [-0.4, -0.2) is 33.9 Å². The molecule has 0 spiro atoms. The molecule has 2 aromatic carbocycles. The van der Waals surface area contributed by atoms with Gasteiger partial charge in [-0.25, -0.2) is 4.79 Å². The number of aliphatic hydroxyl groups excluding tert-OH is 1. The SMILES string of the molecule is CC(C)OC(=O)c1cccc(N2C(=O)C(=O)/C(=C(/O)c3ccc(Br)cc3)C2c2ccccn2)c1. The molecule has 4 rings (SSSR count). The van der Waals surface area contributed by atoms with Gasteiger partial charge in [-0.1, -0.05) is 40.2 Å². The van der Waals surface area contributed by atoms with Crippen molar-refractivity contribution in [3.63, 3.8) is 0 Å². The Hall–Kier alpha value is -3.78. The Labute approximate surface area is 204 Å². The number of aromatic nitrogens is 1. The third-order valence-electron chi connectivity index (χ3n) is 5.23. The van der Waals surface area contributed by atoms with Crippen LogP contribution in [0.3, 0.4) is 0 Å². The van der Waals surface area contributed by atoms with Gasteiger partial charge < -0.3 is 9.84 Å². The number of nitrogens with zero attached hydrogens (tertiary/aromatic N) is 2. The lowest BCUT2D eigenvalue weighted by atomic mass is 9.98. The first kappa shape index (κ1) is 23.4. The van der Waals surface area contributed by atoms with Crippen molar-refractivity contribution < 1.29 is 24.2 Å². The summed E-state index contributed by atoms with van der Waals surface area (Å²) >= 11 is 3.35. The van der Waals surface area contributed by atoms with Crippen molar-refractivity contribution in [1.29, 1.82) is 0 Å². The topological polar surface area (TPSA) is 96.8 Å². The van der Waals surface area contributed by atoms with Crippen LogP contribution >= 0.6 is 15.9 Å². The summed E-state index contributed by atoms with van der Waals surface area (Å²) < 4.78 is 6.07. The summed E-state index contributed by atoms with van der Waals surface area (Å²) in [6, 6.07) is 17.2. The average molecular weight is 521 g/mol. The highest BCUT2D eigenvalue weighted by atomic mass is 79.9. The minimum absolute atomic E-state index is 0.0822. The van der Waals surface area contributed by atoms with Crippen LogP contribution in [0.15, 0.2) is 83.0 Å². The molecule has 3 aromatic rings. The van der Waals surface area contributed by atoms with Crippen molar-refractivity contribution in [2.45, 2.75) is 26.0 Å². The van der Waals surface area contributed by atoms with E-state index < -0.39 is 23.7 Å². The van der Waals surface area contributed by atoms with Gasteiger partial charge in [0.15, 0.2) is 0 Å². The van der Waals surface area contributed by atoms with E-state index in [-0.39, 0.29) is 23.0 Å². The Kier molecular flexibility index (Phi) is 6.61. The normalized spacial score (nSPS) is 17.3. The van der Waals surface area contributed by atoms with Crippen LogP contribution in [0.25, 0.3) is 5.76 Å². The van der Waals surface area contributed by atoms with Crippen LogP contribution in [0.2, 0.25) is 0 Å². The number of hydrogen-bond acceptors (Lipinski definition) is 6. The number of anilines is 1. The molecule has 1 aliphatic rings. The quantitative estimate of drug-likeness (QED) is 0.219. The Morgan fingerprint density at radius 3 is 2.41 bits per heavy atom.